The van der Waals surface area contributed by atoms with Crippen LogP contribution in [0.3, 0.4) is 0 Å². The molecule has 0 amide bonds. The molecule has 1 aromatic carbocycles. The maximum atomic E-state index is 8.86. The Kier molecular flexibility index (Phi) is 6.96. The lowest BCUT2D eigenvalue weighted by atomic mass is 10.2. The molecule has 0 heterocycles. The Morgan fingerprint density at radius 1 is 1.37 bits per heavy atom. The van der Waals surface area contributed by atoms with Gasteiger partial charge in [0, 0.05) is 11.8 Å². The fraction of sp³-hybridized carbons (Fsp3) is 0.364. The molecule has 0 saturated heterocycles. The van der Waals surface area contributed by atoms with Gasteiger partial charge >= 0.3 is 0 Å². The van der Waals surface area contributed by atoms with Gasteiger partial charge in [-0.3, -0.25) is 0 Å². The van der Waals surface area contributed by atoms with Gasteiger partial charge in [-0.25, -0.2) is 0 Å². The van der Waals surface area contributed by atoms with Gasteiger partial charge in [-0.05, 0) is 24.8 Å². The zero-order chi connectivity index (χ0) is 14.5. The Bertz CT molecular complexity index is 538. The zero-order valence-corrected chi connectivity index (χ0v) is 14.4. The summed E-state index contributed by atoms with van der Waals surface area (Å²) in [6.07, 6.45) is 0. The SMILES string of the molecule is CCOP(=S)(Oc1cc(Cl)c(C#N)cc1Cl)SCC. The van der Waals surface area contributed by atoms with Gasteiger partial charge in [0.05, 0.1) is 22.2 Å². The van der Waals surface area contributed by atoms with Gasteiger partial charge < -0.3 is 9.05 Å². The molecule has 1 unspecified atom stereocenters. The maximum absolute atomic E-state index is 8.86. The van der Waals surface area contributed by atoms with E-state index in [-0.39, 0.29) is 5.02 Å². The fourth-order valence-corrected chi connectivity index (χ4v) is 6.26. The smallest absolute Gasteiger partial charge is 0.297 e. The van der Waals surface area contributed by atoms with Crippen LogP contribution in [-0.4, -0.2) is 12.4 Å². The molecule has 19 heavy (non-hydrogen) atoms. The number of hydrogen-bond acceptors (Lipinski definition) is 5. The van der Waals surface area contributed by atoms with Crippen molar-refractivity contribution in [1.29, 1.82) is 5.26 Å². The van der Waals surface area contributed by atoms with Crippen LogP contribution < -0.4 is 4.52 Å². The van der Waals surface area contributed by atoms with Crippen LogP contribution >= 0.6 is 40.3 Å². The Hall–Kier alpha value is 0.0500. The van der Waals surface area contributed by atoms with Gasteiger partial charge in [-0.1, -0.05) is 41.5 Å². The highest BCUT2D eigenvalue weighted by atomic mass is 35.5. The molecule has 0 fully saturated rings. The summed E-state index contributed by atoms with van der Waals surface area (Å²) in [5.41, 5.74) is -2.19. The summed E-state index contributed by atoms with van der Waals surface area (Å²) in [6.45, 7) is 4.29. The van der Waals surface area contributed by atoms with Crippen molar-refractivity contribution in [1.82, 2.24) is 0 Å². The van der Waals surface area contributed by atoms with Crippen molar-refractivity contribution in [2.24, 2.45) is 0 Å². The fourth-order valence-electron chi connectivity index (χ4n) is 1.21. The van der Waals surface area contributed by atoms with E-state index >= 15 is 0 Å². The highest BCUT2D eigenvalue weighted by Gasteiger charge is 2.22. The Morgan fingerprint density at radius 2 is 2.05 bits per heavy atom. The molecule has 0 aliphatic rings. The molecular weight excluding hydrogens is 344 g/mol. The molecule has 0 spiro atoms. The topological polar surface area (TPSA) is 42.2 Å². The Morgan fingerprint density at radius 3 is 2.58 bits per heavy atom. The van der Waals surface area contributed by atoms with Crippen LogP contribution in [0.4, 0.5) is 0 Å². The summed E-state index contributed by atoms with van der Waals surface area (Å²) in [5.74, 6) is 1.13. The van der Waals surface area contributed by atoms with Gasteiger partial charge in [-0.2, -0.15) is 5.26 Å². The molecule has 0 aliphatic carbocycles. The molecule has 1 aromatic rings. The van der Waals surface area contributed by atoms with Crippen molar-refractivity contribution in [2.75, 3.05) is 12.4 Å². The maximum Gasteiger partial charge on any atom is 0.297 e. The van der Waals surface area contributed by atoms with E-state index in [4.69, 9.17) is 49.3 Å². The summed E-state index contributed by atoms with van der Waals surface area (Å²) < 4.78 is 11.3. The molecule has 1 atom stereocenters. The third-order valence-electron chi connectivity index (χ3n) is 1.93. The molecule has 0 N–H and O–H groups in total. The van der Waals surface area contributed by atoms with Crippen molar-refractivity contribution < 1.29 is 9.05 Å². The van der Waals surface area contributed by atoms with E-state index in [0.717, 1.165) is 5.75 Å². The van der Waals surface area contributed by atoms with Crippen molar-refractivity contribution >= 4 is 52.1 Å². The van der Waals surface area contributed by atoms with Crippen LogP contribution in [0.5, 0.6) is 5.75 Å². The average Bonchev–Trinajstić information content (AvgIpc) is 2.33. The predicted molar refractivity (Wildman–Crippen MR) is 85.8 cm³/mol. The highest BCUT2D eigenvalue weighted by molar-refractivity contribution is 8.68. The standard InChI is InChI=1S/C11H12Cl2NO2PS2/c1-3-15-17(18,19-4-2)16-11-6-9(12)8(7-14)5-10(11)13/h5-6H,3-4H2,1-2H3. The van der Waals surface area contributed by atoms with E-state index in [0.29, 0.717) is 22.9 Å². The first-order chi connectivity index (χ1) is 8.95. The molecule has 1 rings (SSSR count). The molecular formula is C11H12Cl2NO2PS2. The summed E-state index contributed by atoms with van der Waals surface area (Å²) in [6, 6.07) is 4.91. The van der Waals surface area contributed by atoms with Crippen molar-refractivity contribution in [3.63, 3.8) is 0 Å². The Balaban J connectivity index is 3.07. The summed E-state index contributed by atoms with van der Waals surface area (Å²) in [5, 5.41) is 9.44. The lowest BCUT2D eigenvalue weighted by Gasteiger charge is -2.21. The van der Waals surface area contributed by atoms with E-state index in [9.17, 15) is 0 Å². The minimum Gasteiger partial charge on any atom is -0.435 e. The number of nitrogens with zero attached hydrogens (tertiary/aromatic N) is 1. The third-order valence-corrected chi connectivity index (χ3v) is 7.86. The van der Waals surface area contributed by atoms with Crippen LogP contribution in [0, 0.1) is 11.3 Å². The second-order valence-electron chi connectivity index (χ2n) is 3.25. The van der Waals surface area contributed by atoms with E-state index < -0.39 is 5.69 Å². The van der Waals surface area contributed by atoms with Gasteiger partial charge in [0.1, 0.15) is 11.8 Å². The van der Waals surface area contributed by atoms with Crippen LogP contribution in [0.1, 0.15) is 19.4 Å². The van der Waals surface area contributed by atoms with E-state index in [1.165, 1.54) is 23.5 Å². The minimum atomic E-state index is -2.49. The predicted octanol–water partition coefficient (Wildman–Crippen LogP) is 5.26. The first-order valence-corrected chi connectivity index (χ1v) is 10.4. The monoisotopic (exact) mass is 355 g/mol. The zero-order valence-electron chi connectivity index (χ0n) is 10.4. The van der Waals surface area contributed by atoms with Gasteiger partial charge in [0.15, 0.2) is 0 Å². The quantitative estimate of drug-likeness (QED) is 0.651. The molecule has 3 nitrogen and oxygen atoms in total. The third kappa shape index (κ3) is 4.82. The highest BCUT2D eigenvalue weighted by Crippen LogP contribution is 2.61. The lowest BCUT2D eigenvalue weighted by molar-refractivity contribution is 0.344. The minimum absolute atomic E-state index is 0.279. The second-order valence-corrected chi connectivity index (χ2v) is 10.6. The van der Waals surface area contributed by atoms with E-state index in [1.807, 2.05) is 19.9 Å². The number of benzene rings is 1. The first kappa shape index (κ1) is 17.1. The number of rotatable bonds is 6. The second kappa shape index (κ2) is 7.73. The number of halogens is 2. The molecule has 0 saturated carbocycles. The average molecular weight is 356 g/mol. The van der Waals surface area contributed by atoms with Gasteiger partial charge in [0.25, 0.3) is 5.69 Å². The van der Waals surface area contributed by atoms with E-state index in [2.05, 4.69) is 0 Å². The number of hydrogen-bond donors (Lipinski definition) is 0. The molecule has 104 valence electrons. The first-order valence-electron chi connectivity index (χ1n) is 5.43. The van der Waals surface area contributed by atoms with Crippen molar-refractivity contribution in [3.05, 3.63) is 27.7 Å². The molecule has 0 radical (unpaired) electrons. The van der Waals surface area contributed by atoms with Crippen LogP contribution in [0.15, 0.2) is 12.1 Å². The van der Waals surface area contributed by atoms with Crippen molar-refractivity contribution in [3.8, 4) is 11.8 Å². The summed E-state index contributed by atoms with van der Waals surface area (Å²) in [4.78, 5) is 0. The summed E-state index contributed by atoms with van der Waals surface area (Å²) in [7, 11) is 0. The Labute approximate surface area is 132 Å². The lowest BCUT2D eigenvalue weighted by Crippen LogP contribution is -1.96. The largest absolute Gasteiger partial charge is 0.435 e. The molecule has 0 bridgehead atoms. The van der Waals surface area contributed by atoms with Gasteiger partial charge in [-0.15, -0.1) is 0 Å². The molecule has 8 heteroatoms. The van der Waals surface area contributed by atoms with E-state index in [1.54, 1.807) is 0 Å². The molecule has 0 aromatic heterocycles. The van der Waals surface area contributed by atoms with Crippen molar-refractivity contribution in [2.45, 2.75) is 13.8 Å². The van der Waals surface area contributed by atoms with Gasteiger partial charge in [0.2, 0.25) is 0 Å². The van der Waals surface area contributed by atoms with Crippen LogP contribution in [0.25, 0.3) is 0 Å². The van der Waals surface area contributed by atoms with Crippen LogP contribution in [0.2, 0.25) is 10.0 Å². The normalized spacial score (nSPS) is 13.6. The van der Waals surface area contributed by atoms with Crippen LogP contribution in [-0.2, 0) is 16.3 Å². The molecule has 0 aliphatic heterocycles. The number of nitriles is 1. The summed E-state index contributed by atoms with van der Waals surface area (Å²) >= 11 is 18.9.